The second-order valence-corrected chi connectivity index (χ2v) is 5.92. The number of carbonyl (C=O) groups is 3. The lowest BCUT2D eigenvalue weighted by Gasteiger charge is -2.19. The van der Waals surface area contributed by atoms with Gasteiger partial charge in [-0.05, 0) is 48.2 Å². The van der Waals surface area contributed by atoms with E-state index in [0.29, 0.717) is 35.3 Å². The van der Waals surface area contributed by atoms with Crippen LogP contribution in [0.3, 0.4) is 0 Å². The van der Waals surface area contributed by atoms with E-state index in [-0.39, 0.29) is 6.42 Å². The number of aliphatic carboxylic acids is 2. The van der Waals surface area contributed by atoms with Crippen LogP contribution < -0.4 is 10.1 Å². The number of carboxylic acids is 2. The normalized spacial score (nSPS) is 11.4. The Hall–Kier alpha value is -3.35. The summed E-state index contributed by atoms with van der Waals surface area (Å²) in [4.78, 5) is 35.0. The maximum atomic E-state index is 12.4. The number of benzene rings is 2. The Morgan fingerprint density at radius 3 is 2.37 bits per heavy atom. The summed E-state index contributed by atoms with van der Waals surface area (Å²) in [5, 5.41) is 21.0. The zero-order chi connectivity index (χ0) is 19.8. The maximum Gasteiger partial charge on any atom is 0.330 e. The number of methoxy groups -OCH3 is 1. The predicted molar refractivity (Wildman–Crippen MR) is 97.9 cm³/mol. The zero-order valence-corrected chi connectivity index (χ0v) is 14.8. The lowest BCUT2D eigenvalue weighted by molar-refractivity contribution is -0.139. The van der Waals surface area contributed by atoms with Crippen molar-refractivity contribution in [1.82, 2.24) is 5.32 Å². The molecule has 7 nitrogen and oxygen atoms in total. The molecular formula is C20H21NO6. The summed E-state index contributed by atoms with van der Waals surface area (Å²) in [7, 11) is 1.46. The minimum Gasteiger partial charge on any atom is -0.497 e. The Labute approximate surface area is 156 Å². The Morgan fingerprint density at radius 1 is 1.07 bits per heavy atom. The van der Waals surface area contributed by atoms with E-state index < -0.39 is 23.9 Å². The first-order valence-corrected chi connectivity index (χ1v) is 8.39. The lowest BCUT2D eigenvalue weighted by Crippen LogP contribution is -2.34. The monoisotopic (exact) mass is 371 g/mol. The average Bonchev–Trinajstić information content (AvgIpc) is 2.66. The van der Waals surface area contributed by atoms with Crippen LogP contribution in [-0.4, -0.2) is 35.2 Å². The molecule has 142 valence electrons. The third-order valence-corrected chi connectivity index (χ3v) is 4.06. The molecule has 0 fully saturated rings. The number of aryl methyl sites for hydroxylation is 1. The van der Waals surface area contributed by atoms with Crippen LogP contribution >= 0.6 is 0 Å². The van der Waals surface area contributed by atoms with Crippen LogP contribution in [0, 0.1) is 0 Å². The third-order valence-electron chi connectivity index (χ3n) is 4.06. The van der Waals surface area contributed by atoms with Crippen molar-refractivity contribution in [3.63, 3.8) is 0 Å². The molecule has 0 spiro atoms. The summed E-state index contributed by atoms with van der Waals surface area (Å²) in [6, 6.07) is 12.0. The van der Waals surface area contributed by atoms with Gasteiger partial charge in [-0.15, -0.1) is 0 Å². The van der Waals surface area contributed by atoms with Gasteiger partial charge in [0.25, 0.3) is 5.91 Å². The molecule has 0 aliphatic heterocycles. The SMILES string of the molecule is COc1ccc(CCCC(=O)O)c(C(NC(=O)c2ccccc2)C(=O)O)c1. The Bertz CT molecular complexity index is 818. The molecule has 27 heavy (non-hydrogen) atoms. The number of hydrogen-bond acceptors (Lipinski definition) is 4. The van der Waals surface area contributed by atoms with Crippen LogP contribution in [0.25, 0.3) is 0 Å². The molecule has 1 unspecified atom stereocenters. The topological polar surface area (TPSA) is 113 Å². The van der Waals surface area contributed by atoms with Gasteiger partial charge < -0.3 is 20.3 Å². The van der Waals surface area contributed by atoms with Gasteiger partial charge in [-0.25, -0.2) is 4.79 Å². The Kier molecular flexibility index (Phi) is 6.93. The highest BCUT2D eigenvalue weighted by atomic mass is 16.5. The molecule has 2 rings (SSSR count). The van der Waals surface area contributed by atoms with E-state index in [4.69, 9.17) is 9.84 Å². The van der Waals surface area contributed by atoms with Crippen LogP contribution in [0.5, 0.6) is 5.75 Å². The van der Waals surface area contributed by atoms with Crippen molar-refractivity contribution in [2.75, 3.05) is 7.11 Å². The molecular weight excluding hydrogens is 350 g/mol. The second kappa shape index (κ2) is 9.38. The summed E-state index contributed by atoms with van der Waals surface area (Å²) >= 11 is 0. The van der Waals surface area contributed by atoms with E-state index in [1.165, 1.54) is 7.11 Å². The Balaban J connectivity index is 2.32. The van der Waals surface area contributed by atoms with Gasteiger partial charge in [0, 0.05) is 12.0 Å². The van der Waals surface area contributed by atoms with Crippen molar-refractivity contribution >= 4 is 17.8 Å². The summed E-state index contributed by atoms with van der Waals surface area (Å²) < 4.78 is 5.17. The van der Waals surface area contributed by atoms with Crippen molar-refractivity contribution in [1.29, 1.82) is 0 Å². The van der Waals surface area contributed by atoms with Crippen LogP contribution in [0.4, 0.5) is 0 Å². The molecule has 2 aromatic rings. The largest absolute Gasteiger partial charge is 0.497 e. The molecule has 0 saturated carbocycles. The minimum atomic E-state index is -1.28. The van der Waals surface area contributed by atoms with Gasteiger partial charge in [0.1, 0.15) is 5.75 Å². The van der Waals surface area contributed by atoms with Crippen molar-refractivity contribution in [3.8, 4) is 5.75 Å². The third kappa shape index (κ3) is 5.57. The Morgan fingerprint density at radius 2 is 1.78 bits per heavy atom. The average molecular weight is 371 g/mol. The summed E-state index contributed by atoms with van der Waals surface area (Å²) in [6.07, 6.45) is 0.698. The number of carbonyl (C=O) groups excluding carboxylic acids is 1. The van der Waals surface area contributed by atoms with Crippen LogP contribution in [-0.2, 0) is 16.0 Å². The fourth-order valence-electron chi connectivity index (χ4n) is 2.70. The summed E-state index contributed by atoms with van der Waals surface area (Å²) in [5.74, 6) is -2.20. The molecule has 1 atom stereocenters. The van der Waals surface area contributed by atoms with Gasteiger partial charge in [-0.1, -0.05) is 24.3 Å². The number of nitrogens with one attached hydrogen (secondary N) is 1. The van der Waals surface area contributed by atoms with Gasteiger partial charge in [0.05, 0.1) is 7.11 Å². The highest BCUT2D eigenvalue weighted by molar-refractivity contribution is 5.96. The van der Waals surface area contributed by atoms with Gasteiger partial charge in [-0.3, -0.25) is 9.59 Å². The molecule has 3 N–H and O–H groups in total. The van der Waals surface area contributed by atoms with E-state index in [1.807, 2.05) is 0 Å². The van der Waals surface area contributed by atoms with Crippen LogP contribution in [0.2, 0.25) is 0 Å². The van der Waals surface area contributed by atoms with Crippen LogP contribution in [0.1, 0.15) is 40.4 Å². The first kappa shape index (κ1) is 20.0. The lowest BCUT2D eigenvalue weighted by atomic mass is 9.95. The minimum absolute atomic E-state index is 0.0282. The first-order chi connectivity index (χ1) is 12.9. The molecule has 0 saturated heterocycles. The molecule has 0 aliphatic rings. The molecule has 0 radical (unpaired) electrons. The smallest absolute Gasteiger partial charge is 0.330 e. The highest BCUT2D eigenvalue weighted by Crippen LogP contribution is 2.26. The quantitative estimate of drug-likeness (QED) is 0.625. The molecule has 0 aromatic heterocycles. The number of hydrogen-bond donors (Lipinski definition) is 3. The molecule has 7 heteroatoms. The molecule has 0 bridgehead atoms. The number of rotatable bonds is 9. The van der Waals surface area contributed by atoms with Gasteiger partial charge >= 0.3 is 11.9 Å². The fourth-order valence-corrected chi connectivity index (χ4v) is 2.70. The fraction of sp³-hybridized carbons (Fsp3) is 0.250. The molecule has 2 aromatic carbocycles. The zero-order valence-electron chi connectivity index (χ0n) is 14.8. The highest BCUT2D eigenvalue weighted by Gasteiger charge is 2.25. The number of amides is 1. The van der Waals surface area contributed by atoms with Gasteiger partial charge in [0.15, 0.2) is 6.04 Å². The summed E-state index contributed by atoms with van der Waals surface area (Å²) in [5.41, 5.74) is 1.37. The molecule has 1 amide bonds. The first-order valence-electron chi connectivity index (χ1n) is 8.39. The summed E-state index contributed by atoms with van der Waals surface area (Å²) in [6.45, 7) is 0. The van der Waals surface area contributed by atoms with E-state index in [9.17, 15) is 19.5 Å². The molecule has 0 aliphatic carbocycles. The van der Waals surface area contributed by atoms with E-state index in [0.717, 1.165) is 0 Å². The van der Waals surface area contributed by atoms with E-state index in [2.05, 4.69) is 5.32 Å². The van der Waals surface area contributed by atoms with Gasteiger partial charge in [0.2, 0.25) is 0 Å². The predicted octanol–water partition coefficient (Wildman–Crippen LogP) is 2.66. The van der Waals surface area contributed by atoms with Crippen LogP contribution in [0.15, 0.2) is 48.5 Å². The molecule has 0 heterocycles. The van der Waals surface area contributed by atoms with Gasteiger partial charge in [-0.2, -0.15) is 0 Å². The van der Waals surface area contributed by atoms with E-state index in [1.54, 1.807) is 48.5 Å². The number of ether oxygens (including phenoxy) is 1. The van der Waals surface area contributed by atoms with Crippen molar-refractivity contribution in [2.24, 2.45) is 0 Å². The van der Waals surface area contributed by atoms with E-state index >= 15 is 0 Å². The van der Waals surface area contributed by atoms with Crippen molar-refractivity contribution in [2.45, 2.75) is 25.3 Å². The van der Waals surface area contributed by atoms with Crippen molar-refractivity contribution in [3.05, 3.63) is 65.2 Å². The standard InChI is InChI=1S/C20H21NO6/c1-27-15-11-10-13(8-5-9-17(22)23)16(12-15)18(20(25)26)21-19(24)14-6-3-2-4-7-14/h2-4,6-7,10-12,18H,5,8-9H2,1H3,(H,21,24)(H,22,23)(H,25,26). The second-order valence-electron chi connectivity index (χ2n) is 5.92. The maximum absolute atomic E-state index is 12.4. The van der Waals surface area contributed by atoms with Crippen molar-refractivity contribution < 1.29 is 29.3 Å². The number of carboxylic acid groups (broad SMARTS) is 2.